The third-order valence-electron chi connectivity index (χ3n) is 0.387. The maximum Gasteiger partial charge on any atom is 0.0727 e. The van der Waals surface area contributed by atoms with Gasteiger partial charge in [-0.2, -0.15) is 0 Å². The smallest absolute Gasteiger partial charge is 0.0727 e. The van der Waals surface area contributed by atoms with Crippen LogP contribution in [0.1, 0.15) is 0 Å². The van der Waals surface area contributed by atoms with E-state index in [0.29, 0.717) is 0 Å². The van der Waals surface area contributed by atoms with Crippen LogP contribution < -0.4 is 0 Å². The van der Waals surface area contributed by atoms with Crippen LogP contribution >= 0.6 is 0 Å². The van der Waals surface area contributed by atoms with Crippen molar-refractivity contribution in [2.24, 2.45) is 10.2 Å². The minimum Gasteiger partial charge on any atom is -0.0867 e. The van der Waals surface area contributed by atoms with Crippen molar-refractivity contribution in [3.05, 3.63) is 17.2 Å². The summed E-state index contributed by atoms with van der Waals surface area (Å²) in [7, 11) is 0. The highest BCUT2D eigenvalue weighted by atomic mass is 15.2. The van der Waals surface area contributed by atoms with Gasteiger partial charge in [0.25, 0.3) is 0 Å². The molecule has 2 heteroatoms. The Hall–Kier alpha value is -1.50. The summed E-state index contributed by atoms with van der Waals surface area (Å²) in [5.41, 5.74) is 7.26. The molecule has 0 aromatic carbocycles. The zero-order chi connectivity index (χ0) is 4.95. The minimum absolute atomic E-state index is 2.32. The van der Waals surface area contributed by atoms with Crippen molar-refractivity contribution in [1.29, 1.82) is 0 Å². The van der Waals surface area contributed by atoms with E-state index in [-0.39, 0.29) is 0 Å². The molecule has 0 radical (unpaired) electrons. The van der Waals surface area contributed by atoms with Gasteiger partial charge in [-0.15, -0.1) is 0 Å². The van der Waals surface area contributed by atoms with E-state index in [4.69, 9.17) is 0 Å². The maximum absolute atomic E-state index is 3.30. The van der Waals surface area contributed by atoms with E-state index >= 15 is 0 Å². The summed E-state index contributed by atoms with van der Waals surface area (Å²) in [5, 5.41) is 6.60. The number of rotatable bonds is 0. The Balaban J connectivity index is 3.59. The van der Waals surface area contributed by atoms with Gasteiger partial charge in [0.15, 0.2) is 0 Å². The topological polar surface area (TPSA) is 24.7 Å². The van der Waals surface area contributed by atoms with Crippen LogP contribution in [0.3, 0.4) is 0 Å². The van der Waals surface area contributed by atoms with Crippen LogP contribution in [0.15, 0.2) is 27.4 Å². The monoisotopic (exact) mass is 88.0 g/mol. The highest BCUT2D eigenvalue weighted by Crippen LogP contribution is 1.60. The Bertz CT molecular complexity index is 230. The molecule has 2 nitrogen and oxygen atoms in total. The summed E-state index contributed by atoms with van der Waals surface area (Å²) in [6.07, 6.45) is 0. The molecular weight excluding hydrogens is 88.1 g/mol. The fraction of sp³-hybridized carbons (Fsp3) is 0. The van der Waals surface area contributed by atoms with Gasteiger partial charge in [0, 0.05) is 17.2 Å². The summed E-state index contributed by atoms with van der Waals surface area (Å²) in [6, 6.07) is 0. The summed E-state index contributed by atoms with van der Waals surface area (Å²) >= 11 is 0. The molecule has 1 heterocycles. The lowest BCUT2D eigenvalue weighted by Crippen LogP contribution is -1.42. The van der Waals surface area contributed by atoms with Gasteiger partial charge in [-0.1, -0.05) is 10.2 Å². The minimum atomic E-state index is 2.32. The average Bonchev–Trinajstić information content (AvgIpc) is 1.90. The molecule has 30 valence electrons. The molecule has 0 aliphatic carbocycles. The second-order valence-corrected chi connectivity index (χ2v) is 0.799. The Morgan fingerprint density at radius 2 is 1.29 bits per heavy atom. The van der Waals surface area contributed by atoms with Crippen LogP contribution in [-0.2, 0) is 0 Å². The van der Waals surface area contributed by atoms with Crippen molar-refractivity contribution < 1.29 is 0 Å². The predicted octanol–water partition coefficient (Wildman–Crippen LogP) is 0.276. The van der Waals surface area contributed by atoms with Gasteiger partial charge in [0.2, 0.25) is 0 Å². The molecule has 0 spiro atoms. The fourth-order valence-electron chi connectivity index (χ4n) is 0.187. The molecule has 0 atom stereocenters. The third-order valence-corrected chi connectivity index (χ3v) is 0.387. The third kappa shape index (κ3) is 0.930. The van der Waals surface area contributed by atoms with Crippen molar-refractivity contribution in [1.82, 2.24) is 0 Å². The van der Waals surface area contributed by atoms with E-state index < -0.39 is 0 Å². The van der Waals surface area contributed by atoms with Crippen LogP contribution in [0.4, 0.5) is 0 Å². The zero-order valence-corrected chi connectivity index (χ0v) is 3.39. The van der Waals surface area contributed by atoms with Gasteiger partial charge in [-0.05, 0) is 0 Å². The first kappa shape index (κ1) is 3.68. The lowest BCUT2D eigenvalue weighted by atomic mass is 10.8. The molecular formula is C5N2. The molecule has 0 amide bonds. The molecule has 0 bridgehead atoms. The second-order valence-electron chi connectivity index (χ2n) is 0.799. The van der Waals surface area contributed by atoms with E-state index in [2.05, 4.69) is 39.1 Å². The quantitative estimate of drug-likeness (QED) is 0.380. The highest BCUT2D eigenvalue weighted by Gasteiger charge is 1.51. The lowest BCUT2D eigenvalue weighted by molar-refractivity contribution is 1.29. The molecule has 0 fully saturated rings. The van der Waals surface area contributed by atoms with E-state index in [1.807, 2.05) is 0 Å². The summed E-state index contributed by atoms with van der Waals surface area (Å²) < 4.78 is 0. The molecule has 0 saturated heterocycles. The van der Waals surface area contributed by atoms with Crippen molar-refractivity contribution in [3.63, 3.8) is 0 Å². The molecule has 1 rings (SSSR count). The van der Waals surface area contributed by atoms with Gasteiger partial charge in [-0.3, -0.25) is 0 Å². The van der Waals surface area contributed by atoms with E-state index in [1.54, 1.807) is 0 Å². The molecule has 0 unspecified atom stereocenters. The Morgan fingerprint density at radius 3 is 1.86 bits per heavy atom. The van der Waals surface area contributed by atoms with E-state index in [1.165, 1.54) is 0 Å². The van der Waals surface area contributed by atoms with Crippen LogP contribution in [-0.4, -0.2) is 11.7 Å². The van der Waals surface area contributed by atoms with Crippen LogP contribution in [0.5, 0.6) is 0 Å². The van der Waals surface area contributed by atoms with Crippen molar-refractivity contribution >= 4 is 11.7 Å². The van der Waals surface area contributed by atoms with Crippen molar-refractivity contribution in [3.8, 4) is 0 Å². The van der Waals surface area contributed by atoms with Crippen LogP contribution in [0.25, 0.3) is 0 Å². The molecule has 0 saturated carbocycles. The summed E-state index contributed by atoms with van der Waals surface area (Å²) in [6.45, 7) is 0. The fourth-order valence-corrected chi connectivity index (χ4v) is 0.187. The van der Waals surface area contributed by atoms with Gasteiger partial charge in [0.05, 0.1) is 11.7 Å². The number of hydrogen-bond acceptors (Lipinski definition) is 2. The standard InChI is InChI=1S/C5N2/c1-2-4-6-7-5-3-1. The van der Waals surface area contributed by atoms with E-state index in [9.17, 15) is 0 Å². The van der Waals surface area contributed by atoms with Crippen LogP contribution in [0.2, 0.25) is 0 Å². The van der Waals surface area contributed by atoms with Gasteiger partial charge in [0.1, 0.15) is 0 Å². The predicted molar refractivity (Wildman–Crippen MR) is 25.4 cm³/mol. The lowest BCUT2D eigenvalue weighted by Gasteiger charge is -1.49. The Kier molecular flexibility index (Phi) is 0.958. The summed E-state index contributed by atoms with van der Waals surface area (Å²) in [5.74, 6) is 4.64. The molecule has 0 N–H and O–H groups in total. The van der Waals surface area contributed by atoms with Crippen molar-refractivity contribution in [2.75, 3.05) is 0 Å². The van der Waals surface area contributed by atoms with Crippen LogP contribution in [0, 0.1) is 0 Å². The largest absolute Gasteiger partial charge is 0.0867 e. The highest BCUT2D eigenvalue weighted by molar-refractivity contribution is 5.56. The van der Waals surface area contributed by atoms with Crippen molar-refractivity contribution in [2.45, 2.75) is 0 Å². The summed E-state index contributed by atoms with van der Waals surface area (Å²) in [4.78, 5) is 0. The molecule has 7 heavy (non-hydrogen) atoms. The zero-order valence-electron chi connectivity index (χ0n) is 3.39. The molecule has 1 aliphatic rings. The first-order valence-electron chi connectivity index (χ1n) is 1.65. The molecule has 1 aliphatic heterocycles. The number of hydrogen-bond donors (Lipinski definition) is 0. The van der Waals surface area contributed by atoms with Gasteiger partial charge < -0.3 is 0 Å². The Morgan fingerprint density at radius 1 is 0.714 bits per heavy atom. The van der Waals surface area contributed by atoms with Gasteiger partial charge >= 0.3 is 0 Å². The number of nitrogens with zero attached hydrogens (tertiary/aromatic N) is 2. The SMILES string of the molecule is C1=C=C=NN=C=C=1. The normalized spacial score (nSPS) is 10.3. The first-order chi connectivity index (χ1) is 3.50. The Labute approximate surface area is 40.2 Å². The second kappa shape index (κ2) is 1.82. The first-order valence-corrected chi connectivity index (χ1v) is 1.65. The molecule has 0 aromatic rings. The van der Waals surface area contributed by atoms with E-state index in [0.717, 1.165) is 0 Å². The average molecular weight is 88.1 g/mol. The maximum atomic E-state index is 3.30. The molecule has 0 aromatic heterocycles. The van der Waals surface area contributed by atoms with Gasteiger partial charge in [-0.25, -0.2) is 0 Å².